The third kappa shape index (κ3) is 5.92. The highest BCUT2D eigenvalue weighted by Crippen LogP contribution is 2.25. The second-order valence-electron chi connectivity index (χ2n) is 5.58. The normalized spacial score (nSPS) is 10.6. The van der Waals surface area contributed by atoms with Gasteiger partial charge in [-0.05, 0) is 25.0 Å². The van der Waals surface area contributed by atoms with Crippen molar-refractivity contribution in [3.05, 3.63) is 45.8 Å². The Morgan fingerprint density at radius 1 is 1.23 bits per heavy atom. The fourth-order valence-corrected chi connectivity index (χ4v) is 2.97. The van der Waals surface area contributed by atoms with E-state index in [0.29, 0.717) is 36.9 Å². The molecule has 0 spiro atoms. The third-order valence-electron chi connectivity index (χ3n) is 3.73. The van der Waals surface area contributed by atoms with Gasteiger partial charge in [0.25, 0.3) is 5.56 Å². The highest BCUT2D eigenvalue weighted by Gasteiger charge is 2.09. The fraction of sp³-hybridized carbons (Fsp3) is 0.444. The zero-order valence-electron chi connectivity index (χ0n) is 14.7. The Kier molecular flexibility index (Phi) is 8.77. The number of aromatic nitrogens is 2. The van der Waals surface area contributed by atoms with Crippen LogP contribution in [0.5, 0.6) is 11.5 Å². The number of methoxy groups -OCH3 is 1. The van der Waals surface area contributed by atoms with Crippen LogP contribution in [0.1, 0.15) is 19.3 Å². The van der Waals surface area contributed by atoms with Gasteiger partial charge in [0, 0.05) is 18.4 Å². The second-order valence-corrected chi connectivity index (χ2v) is 6.75. The quantitative estimate of drug-likeness (QED) is 0.420. The summed E-state index contributed by atoms with van der Waals surface area (Å²) < 4.78 is 12.3. The van der Waals surface area contributed by atoms with Gasteiger partial charge in [-0.3, -0.25) is 4.79 Å². The Bertz CT molecular complexity index is 755. The summed E-state index contributed by atoms with van der Waals surface area (Å²) in [5, 5.41) is 8.39. The number of para-hydroxylation sites is 2. The summed E-state index contributed by atoms with van der Waals surface area (Å²) in [6.07, 6.45) is 4.59. The lowest BCUT2D eigenvalue weighted by atomic mass is 10.2. The molecule has 0 saturated heterocycles. The maximum atomic E-state index is 12.3. The molecule has 1 aromatic carbocycles. The van der Waals surface area contributed by atoms with Gasteiger partial charge in [-0.15, -0.1) is 0 Å². The van der Waals surface area contributed by atoms with Crippen molar-refractivity contribution in [2.45, 2.75) is 25.8 Å². The fourth-order valence-electron chi connectivity index (χ4n) is 2.37. The average Bonchev–Trinajstić information content (AvgIpc) is 2.67. The number of halogens is 2. The first-order valence-electron chi connectivity index (χ1n) is 8.48. The number of aryl methyl sites for hydroxylation is 1. The molecule has 0 radical (unpaired) electrons. The summed E-state index contributed by atoms with van der Waals surface area (Å²) in [6.45, 7) is 1.45. The summed E-state index contributed by atoms with van der Waals surface area (Å²) in [4.78, 5) is 12.3. The van der Waals surface area contributed by atoms with Gasteiger partial charge >= 0.3 is 0 Å². The van der Waals surface area contributed by atoms with Crippen LogP contribution in [-0.2, 0) is 6.54 Å². The topological polar surface area (TPSA) is 65.4 Å². The van der Waals surface area contributed by atoms with Crippen LogP contribution in [0.2, 0.25) is 5.02 Å². The van der Waals surface area contributed by atoms with Crippen LogP contribution in [0.4, 0.5) is 5.69 Å². The Hall–Kier alpha value is -1.73. The van der Waals surface area contributed by atoms with E-state index in [9.17, 15) is 4.79 Å². The summed E-state index contributed by atoms with van der Waals surface area (Å²) in [5.74, 6) is 1.34. The van der Waals surface area contributed by atoms with Crippen LogP contribution in [0.25, 0.3) is 0 Å². The Morgan fingerprint density at radius 3 is 2.73 bits per heavy atom. The monoisotopic (exact) mass is 443 g/mol. The molecular weight excluding hydrogens is 422 g/mol. The van der Waals surface area contributed by atoms with E-state index in [4.69, 9.17) is 21.1 Å². The number of hydrogen-bond donors (Lipinski definition) is 1. The maximum absolute atomic E-state index is 12.3. The largest absolute Gasteiger partial charge is 0.493 e. The van der Waals surface area contributed by atoms with Gasteiger partial charge in [0.1, 0.15) is 11.6 Å². The molecule has 0 saturated carbocycles. The minimum absolute atomic E-state index is 0.151. The van der Waals surface area contributed by atoms with E-state index in [1.54, 1.807) is 13.3 Å². The van der Waals surface area contributed by atoms with Crippen LogP contribution >= 0.6 is 27.5 Å². The second kappa shape index (κ2) is 11.1. The van der Waals surface area contributed by atoms with Crippen LogP contribution in [0.15, 0.2) is 35.3 Å². The maximum Gasteiger partial charge on any atom is 0.287 e. The lowest BCUT2D eigenvalue weighted by Crippen LogP contribution is -2.25. The number of nitrogens with zero attached hydrogens (tertiary/aromatic N) is 2. The molecular formula is C18H23BrClN3O3. The summed E-state index contributed by atoms with van der Waals surface area (Å²) in [7, 11) is 1.60. The Balaban J connectivity index is 1.86. The third-order valence-corrected chi connectivity index (χ3v) is 4.66. The molecule has 2 rings (SSSR count). The molecule has 0 amide bonds. The summed E-state index contributed by atoms with van der Waals surface area (Å²) in [5.41, 5.74) is 0.234. The molecule has 142 valence electrons. The molecule has 26 heavy (non-hydrogen) atoms. The van der Waals surface area contributed by atoms with Gasteiger partial charge in [-0.2, -0.15) is 5.10 Å². The minimum atomic E-state index is -0.277. The predicted octanol–water partition coefficient (Wildman–Crippen LogP) is 3.96. The van der Waals surface area contributed by atoms with Gasteiger partial charge in [0.05, 0.1) is 19.0 Å². The number of nitrogens with one attached hydrogen (secondary N) is 1. The molecule has 2 aromatic rings. The number of benzene rings is 1. The van der Waals surface area contributed by atoms with E-state index < -0.39 is 0 Å². The first-order chi connectivity index (χ1) is 12.7. The van der Waals surface area contributed by atoms with Gasteiger partial charge in [0.2, 0.25) is 0 Å². The molecule has 0 fully saturated rings. The van der Waals surface area contributed by atoms with Crippen molar-refractivity contribution in [1.82, 2.24) is 9.78 Å². The van der Waals surface area contributed by atoms with Gasteiger partial charge < -0.3 is 14.8 Å². The van der Waals surface area contributed by atoms with E-state index in [0.717, 1.165) is 24.6 Å². The predicted molar refractivity (Wildman–Crippen MR) is 108 cm³/mol. The van der Waals surface area contributed by atoms with E-state index >= 15 is 0 Å². The lowest BCUT2D eigenvalue weighted by Gasteiger charge is -2.12. The standard InChI is InChI=1S/C18H23BrClN3O3/c1-25-15-7-3-4-8-16(15)26-12-10-21-14-13-22-23(18(24)17(14)20)11-6-2-5-9-19/h3-4,7-8,13,21H,2,5-6,9-12H2,1H3. The van der Waals surface area contributed by atoms with Crippen molar-refractivity contribution in [2.75, 3.05) is 30.9 Å². The molecule has 1 heterocycles. The number of ether oxygens (including phenoxy) is 2. The molecule has 1 aromatic heterocycles. The number of hydrogen-bond acceptors (Lipinski definition) is 5. The number of anilines is 1. The van der Waals surface area contributed by atoms with E-state index in [-0.39, 0.29) is 10.6 Å². The summed E-state index contributed by atoms with van der Waals surface area (Å²) in [6, 6.07) is 7.43. The highest BCUT2D eigenvalue weighted by molar-refractivity contribution is 9.09. The molecule has 8 heteroatoms. The number of alkyl halides is 1. The van der Waals surface area contributed by atoms with E-state index in [1.165, 1.54) is 4.68 Å². The Morgan fingerprint density at radius 2 is 2.00 bits per heavy atom. The molecule has 0 aliphatic heterocycles. The van der Waals surface area contributed by atoms with Crippen molar-refractivity contribution < 1.29 is 9.47 Å². The van der Waals surface area contributed by atoms with Crippen LogP contribution in [0, 0.1) is 0 Å². The van der Waals surface area contributed by atoms with Crippen molar-refractivity contribution in [2.24, 2.45) is 0 Å². The van der Waals surface area contributed by atoms with Crippen LogP contribution in [0.3, 0.4) is 0 Å². The minimum Gasteiger partial charge on any atom is -0.493 e. The first kappa shape index (κ1) is 20.6. The van der Waals surface area contributed by atoms with Crippen molar-refractivity contribution in [1.29, 1.82) is 0 Å². The lowest BCUT2D eigenvalue weighted by molar-refractivity contribution is 0.306. The number of unbranched alkanes of at least 4 members (excludes halogenated alkanes) is 2. The summed E-state index contributed by atoms with van der Waals surface area (Å²) >= 11 is 9.57. The smallest absolute Gasteiger partial charge is 0.287 e. The molecule has 1 N–H and O–H groups in total. The van der Waals surface area contributed by atoms with Crippen molar-refractivity contribution in [3.8, 4) is 11.5 Å². The van der Waals surface area contributed by atoms with Crippen LogP contribution in [-0.4, -0.2) is 35.4 Å². The molecule has 0 bridgehead atoms. The SMILES string of the molecule is COc1ccccc1OCCNc1cnn(CCCCCBr)c(=O)c1Cl. The average molecular weight is 445 g/mol. The molecule has 0 aliphatic carbocycles. The van der Waals surface area contributed by atoms with Gasteiger partial charge in [0.15, 0.2) is 11.5 Å². The number of rotatable bonds is 11. The first-order valence-corrected chi connectivity index (χ1v) is 9.98. The zero-order chi connectivity index (χ0) is 18.8. The van der Waals surface area contributed by atoms with Crippen molar-refractivity contribution in [3.63, 3.8) is 0 Å². The van der Waals surface area contributed by atoms with E-state index in [2.05, 4.69) is 26.3 Å². The molecule has 6 nitrogen and oxygen atoms in total. The molecule has 0 unspecified atom stereocenters. The van der Waals surface area contributed by atoms with Gasteiger partial charge in [-0.25, -0.2) is 4.68 Å². The molecule has 0 atom stereocenters. The zero-order valence-corrected chi connectivity index (χ0v) is 17.1. The van der Waals surface area contributed by atoms with Crippen LogP contribution < -0.4 is 20.3 Å². The Labute approximate surface area is 166 Å². The highest BCUT2D eigenvalue weighted by atomic mass is 79.9. The van der Waals surface area contributed by atoms with E-state index in [1.807, 2.05) is 24.3 Å². The molecule has 0 aliphatic rings. The van der Waals surface area contributed by atoms with Gasteiger partial charge in [-0.1, -0.05) is 46.1 Å². The van der Waals surface area contributed by atoms with Crippen molar-refractivity contribution >= 4 is 33.2 Å².